The highest BCUT2D eigenvalue weighted by molar-refractivity contribution is 5.90. The van der Waals surface area contributed by atoms with Crippen LogP contribution in [-0.4, -0.2) is 44.2 Å². The number of rotatable bonds is 4. The van der Waals surface area contributed by atoms with Gasteiger partial charge in [-0.2, -0.15) is 0 Å². The number of hydrogen-bond acceptors (Lipinski definition) is 4. The Morgan fingerprint density at radius 1 is 1.42 bits per heavy atom. The summed E-state index contributed by atoms with van der Waals surface area (Å²) in [6.07, 6.45) is 2.95. The molecule has 0 saturated carbocycles. The summed E-state index contributed by atoms with van der Waals surface area (Å²) in [5.74, 6) is 0. The van der Waals surface area contributed by atoms with Gasteiger partial charge in [-0.3, -0.25) is 0 Å². The molecule has 1 aliphatic rings. The third-order valence-corrected chi connectivity index (χ3v) is 3.92. The smallest absolute Gasteiger partial charge is 0.136 e. The lowest BCUT2D eigenvalue weighted by Crippen LogP contribution is -2.49. The fourth-order valence-corrected chi connectivity index (χ4v) is 2.67. The zero-order valence-electron chi connectivity index (χ0n) is 11.4. The lowest BCUT2D eigenvalue weighted by molar-refractivity contribution is 0.194. The molecular weight excluding hydrogens is 238 g/mol. The standard InChI is InChI=1S/C15H21N3O/c1-18-9-8-16-10-12(18)6-7-17-14-11-19-15-5-3-2-4-13(14)15/h2-5,11-12,16-17H,6-10H2,1H3. The van der Waals surface area contributed by atoms with E-state index in [0.29, 0.717) is 6.04 Å². The highest BCUT2D eigenvalue weighted by atomic mass is 16.3. The molecule has 2 aromatic rings. The van der Waals surface area contributed by atoms with Gasteiger partial charge in [-0.15, -0.1) is 0 Å². The summed E-state index contributed by atoms with van der Waals surface area (Å²) in [5, 5.41) is 8.10. The first kappa shape index (κ1) is 12.5. The van der Waals surface area contributed by atoms with Gasteiger partial charge in [-0.1, -0.05) is 12.1 Å². The number of fused-ring (bicyclic) bond motifs is 1. The summed E-state index contributed by atoms with van der Waals surface area (Å²) in [5.41, 5.74) is 2.04. The van der Waals surface area contributed by atoms with Gasteiger partial charge in [-0.05, 0) is 25.6 Å². The van der Waals surface area contributed by atoms with Crippen molar-refractivity contribution in [2.24, 2.45) is 0 Å². The number of likely N-dealkylation sites (N-methyl/N-ethyl adjacent to an activating group) is 1. The topological polar surface area (TPSA) is 40.4 Å². The molecule has 4 nitrogen and oxygen atoms in total. The molecule has 2 heterocycles. The van der Waals surface area contributed by atoms with Crippen molar-refractivity contribution < 1.29 is 4.42 Å². The van der Waals surface area contributed by atoms with Crippen LogP contribution in [0.5, 0.6) is 0 Å². The second-order valence-corrected chi connectivity index (χ2v) is 5.20. The minimum Gasteiger partial charge on any atom is -0.462 e. The van der Waals surface area contributed by atoms with Gasteiger partial charge < -0.3 is 20.0 Å². The van der Waals surface area contributed by atoms with Gasteiger partial charge in [0.15, 0.2) is 0 Å². The zero-order valence-corrected chi connectivity index (χ0v) is 11.4. The quantitative estimate of drug-likeness (QED) is 0.882. The van der Waals surface area contributed by atoms with Crippen LogP contribution < -0.4 is 10.6 Å². The number of para-hydroxylation sites is 1. The summed E-state index contributed by atoms with van der Waals surface area (Å²) in [7, 11) is 2.21. The molecule has 1 saturated heterocycles. The molecule has 0 radical (unpaired) electrons. The van der Waals surface area contributed by atoms with Crippen molar-refractivity contribution >= 4 is 16.7 Å². The largest absolute Gasteiger partial charge is 0.462 e. The van der Waals surface area contributed by atoms with E-state index in [4.69, 9.17) is 4.42 Å². The van der Waals surface area contributed by atoms with Crippen LogP contribution in [0.2, 0.25) is 0 Å². The van der Waals surface area contributed by atoms with Crippen molar-refractivity contribution in [3.63, 3.8) is 0 Å². The molecule has 0 bridgehead atoms. The summed E-state index contributed by atoms with van der Waals surface area (Å²) >= 11 is 0. The fourth-order valence-electron chi connectivity index (χ4n) is 2.67. The van der Waals surface area contributed by atoms with Crippen molar-refractivity contribution in [2.75, 3.05) is 38.5 Å². The van der Waals surface area contributed by atoms with E-state index in [-0.39, 0.29) is 0 Å². The Morgan fingerprint density at radius 3 is 3.21 bits per heavy atom. The highest BCUT2D eigenvalue weighted by Crippen LogP contribution is 2.25. The lowest BCUT2D eigenvalue weighted by Gasteiger charge is -2.33. The summed E-state index contributed by atoms with van der Waals surface area (Å²) in [6, 6.07) is 8.76. The highest BCUT2D eigenvalue weighted by Gasteiger charge is 2.17. The molecule has 1 aromatic heterocycles. The molecule has 0 spiro atoms. The van der Waals surface area contributed by atoms with E-state index in [1.807, 2.05) is 24.5 Å². The third-order valence-electron chi connectivity index (χ3n) is 3.92. The molecular formula is C15H21N3O. The first-order chi connectivity index (χ1) is 9.34. The second kappa shape index (κ2) is 5.63. The van der Waals surface area contributed by atoms with E-state index < -0.39 is 0 Å². The molecule has 1 atom stereocenters. The monoisotopic (exact) mass is 259 g/mol. The Balaban J connectivity index is 1.57. The maximum atomic E-state index is 5.53. The maximum Gasteiger partial charge on any atom is 0.136 e. The molecule has 4 heteroatoms. The zero-order chi connectivity index (χ0) is 13.1. The van der Waals surface area contributed by atoms with Crippen LogP contribution in [0.25, 0.3) is 11.0 Å². The van der Waals surface area contributed by atoms with Crippen molar-refractivity contribution in [1.29, 1.82) is 0 Å². The molecule has 1 aliphatic heterocycles. The molecule has 3 rings (SSSR count). The van der Waals surface area contributed by atoms with Crippen molar-refractivity contribution in [3.05, 3.63) is 30.5 Å². The van der Waals surface area contributed by atoms with Crippen molar-refractivity contribution in [1.82, 2.24) is 10.2 Å². The molecule has 19 heavy (non-hydrogen) atoms. The SMILES string of the molecule is CN1CCNCC1CCNc1coc2ccccc12. The van der Waals surface area contributed by atoms with Crippen LogP contribution in [0, 0.1) is 0 Å². The van der Waals surface area contributed by atoms with Gasteiger partial charge in [0, 0.05) is 37.6 Å². The van der Waals surface area contributed by atoms with E-state index in [1.165, 1.54) is 0 Å². The van der Waals surface area contributed by atoms with E-state index in [1.54, 1.807) is 0 Å². The number of piperazine rings is 1. The second-order valence-electron chi connectivity index (χ2n) is 5.20. The van der Waals surface area contributed by atoms with Gasteiger partial charge in [0.2, 0.25) is 0 Å². The van der Waals surface area contributed by atoms with Gasteiger partial charge in [0.25, 0.3) is 0 Å². The van der Waals surface area contributed by atoms with Gasteiger partial charge in [-0.25, -0.2) is 0 Å². The minimum atomic E-state index is 0.624. The Labute approximate surface area is 113 Å². The van der Waals surface area contributed by atoms with E-state index in [9.17, 15) is 0 Å². The number of hydrogen-bond donors (Lipinski definition) is 2. The third kappa shape index (κ3) is 2.74. The summed E-state index contributed by atoms with van der Waals surface area (Å²) < 4.78 is 5.53. The maximum absolute atomic E-state index is 5.53. The minimum absolute atomic E-state index is 0.624. The molecule has 2 N–H and O–H groups in total. The molecule has 0 amide bonds. The van der Waals surface area contributed by atoms with E-state index in [0.717, 1.165) is 49.3 Å². The first-order valence-corrected chi connectivity index (χ1v) is 6.95. The van der Waals surface area contributed by atoms with E-state index >= 15 is 0 Å². The molecule has 1 unspecified atom stereocenters. The van der Waals surface area contributed by atoms with Crippen LogP contribution in [-0.2, 0) is 0 Å². The Morgan fingerprint density at radius 2 is 2.32 bits per heavy atom. The van der Waals surface area contributed by atoms with E-state index in [2.05, 4.69) is 28.6 Å². The van der Waals surface area contributed by atoms with Crippen molar-refractivity contribution in [3.8, 4) is 0 Å². The number of nitrogens with zero attached hydrogens (tertiary/aromatic N) is 1. The Bertz CT molecular complexity index is 537. The van der Waals surface area contributed by atoms with Crippen LogP contribution >= 0.6 is 0 Å². The van der Waals surface area contributed by atoms with Gasteiger partial charge >= 0.3 is 0 Å². The lowest BCUT2D eigenvalue weighted by atomic mass is 10.1. The summed E-state index contributed by atoms with van der Waals surface area (Å²) in [6.45, 7) is 4.30. The number of nitrogens with one attached hydrogen (secondary N) is 2. The predicted molar refractivity (Wildman–Crippen MR) is 78.6 cm³/mol. The number of benzene rings is 1. The normalized spacial score (nSPS) is 20.8. The Hall–Kier alpha value is -1.52. The van der Waals surface area contributed by atoms with Crippen LogP contribution in [0.3, 0.4) is 0 Å². The summed E-state index contributed by atoms with van der Waals surface area (Å²) in [4.78, 5) is 2.44. The average molecular weight is 259 g/mol. The Kier molecular flexibility index (Phi) is 3.71. The predicted octanol–water partition coefficient (Wildman–Crippen LogP) is 2.14. The molecule has 1 aromatic carbocycles. The first-order valence-electron chi connectivity index (χ1n) is 6.95. The van der Waals surface area contributed by atoms with Crippen LogP contribution in [0.1, 0.15) is 6.42 Å². The molecule has 102 valence electrons. The molecule has 0 aliphatic carbocycles. The fraction of sp³-hybridized carbons (Fsp3) is 0.467. The average Bonchev–Trinajstić information content (AvgIpc) is 2.85. The van der Waals surface area contributed by atoms with Crippen LogP contribution in [0.4, 0.5) is 5.69 Å². The van der Waals surface area contributed by atoms with Crippen molar-refractivity contribution in [2.45, 2.75) is 12.5 Å². The number of furan rings is 1. The van der Waals surface area contributed by atoms with Gasteiger partial charge in [0.05, 0.1) is 5.69 Å². The molecule has 1 fully saturated rings. The van der Waals surface area contributed by atoms with Crippen LogP contribution in [0.15, 0.2) is 34.9 Å². The number of anilines is 1. The van der Waals surface area contributed by atoms with Gasteiger partial charge in [0.1, 0.15) is 11.8 Å².